The number of amides is 2. The monoisotopic (exact) mass is 345 g/mol. The van der Waals surface area contributed by atoms with Crippen molar-refractivity contribution in [3.63, 3.8) is 0 Å². The highest BCUT2D eigenvalue weighted by Gasteiger charge is 2.15. The predicted molar refractivity (Wildman–Crippen MR) is 97.5 cm³/mol. The number of rotatable bonds is 4. The molecule has 2 N–H and O–H groups in total. The molecule has 1 fully saturated rings. The van der Waals surface area contributed by atoms with E-state index in [1.54, 1.807) is 0 Å². The van der Waals surface area contributed by atoms with E-state index < -0.39 is 0 Å². The smallest absolute Gasteiger partial charge is 0.321 e. The molecule has 1 aromatic carbocycles. The predicted octanol–water partition coefficient (Wildman–Crippen LogP) is 3.87. The van der Waals surface area contributed by atoms with Crippen molar-refractivity contribution in [3.8, 4) is 0 Å². The van der Waals surface area contributed by atoms with Gasteiger partial charge in [0, 0.05) is 24.5 Å². The molecule has 1 saturated heterocycles. The van der Waals surface area contributed by atoms with Crippen molar-refractivity contribution in [2.75, 3.05) is 23.7 Å². The van der Waals surface area contributed by atoms with Gasteiger partial charge < -0.3 is 15.5 Å². The van der Waals surface area contributed by atoms with E-state index in [2.05, 4.69) is 20.2 Å². The van der Waals surface area contributed by atoms with E-state index in [1.165, 1.54) is 24.4 Å². The lowest BCUT2D eigenvalue weighted by Crippen LogP contribution is -2.35. The normalized spacial score (nSPS) is 15.0. The van der Waals surface area contributed by atoms with Crippen LogP contribution in [0.3, 0.4) is 0 Å². The lowest BCUT2D eigenvalue weighted by molar-refractivity contribution is 0.214. The number of aryl methyl sites for hydroxylation is 1. The van der Waals surface area contributed by atoms with Crippen molar-refractivity contribution >= 4 is 28.9 Å². The van der Waals surface area contributed by atoms with Gasteiger partial charge in [0.25, 0.3) is 0 Å². The molecule has 6 nitrogen and oxygen atoms in total. The molecule has 1 aliphatic heterocycles. The third-order valence-electron chi connectivity index (χ3n) is 4.23. The molecule has 0 unspecified atom stereocenters. The van der Waals surface area contributed by atoms with Gasteiger partial charge in [0.2, 0.25) is 0 Å². The molecule has 0 bridgehead atoms. The molecule has 3 rings (SSSR count). The minimum atomic E-state index is 0.00367. The summed E-state index contributed by atoms with van der Waals surface area (Å²) < 4.78 is 3.93. The number of benzene rings is 1. The van der Waals surface area contributed by atoms with Gasteiger partial charge in [-0.1, -0.05) is 17.3 Å². The Bertz CT molecular complexity index is 662. The van der Waals surface area contributed by atoms with Crippen LogP contribution in [0.15, 0.2) is 24.3 Å². The van der Waals surface area contributed by atoms with Crippen LogP contribution in [-0.2, 0) is 6.54 Å². The minimum Gasteiger partial charge on any atom is -0.380 e. The number of aromatic nitrogens is 2. The Morgan fingerprint density at radius 2 is 1.79 bits per heavy atom. The van der Waals surface area contributed by atoms with Crippen LogP contribution in [-0.4, -0.2) is 33.6 Å². The molecule has 0 atom stereocenters. The Morgan fingerprint density at radius 1 is 1.12 bits per heavy atom. The lowest BCUT2D eigenvalue weighted by atomic mass is 10.2. The molecule has 128 valence electrons. The summed E-state index contributed by atoms with van der Waals surface area (Å²) in [6.45, 7) is 4.38. The molecule has 2 amide bonds. The van der Waals surface area contributed by atoms with Crippen LogP contribution in [0.4, 0.5) is 16.2 Å². The molecule has 1 aromatic heterocycles. The second-order valence-corrected chi connectivity index (χ2v) is 6.88. The number of hydrogen-bond acceptors (Lipinski definition) is 5. The van der Waals surface area contributed by atoms with E-state index in [4.69, 9.17) is 0 Å². The summed E-state index contributed by atoms with van der Waals surface area (Å²) in [6, 6.07) is 7.80. The van der Waals surface area contributed by atoms with Crippen LogP contribution in [0.5, 0.6) is 0 Å². The van der Waals surface area contributed by atoms with E-state index in [-0.39, 0.29) is 6.03 Å². The zero-order valence-electron chi connectivity index (χ0n) is 13.9. The van der Waals surface area contributed by atoms with Crippen LogP contribution in [0.1, 0.15) is 36.3 Å². The highest BCUT2D eigenvalue weighted by atomic mass is 32.1. The molecule has 0 spiro atoms. The lowest BCUT2D eigenvalue weighted by Gasteiger charge is -2.20. The summed E-state index contributed by atoms with van der Waals surface area (Å²) in [5.41, 5.74) is 2.80. The summed E-state index contributed by atoms with van der Waals surface area (Å²) in [4.78, 5) is 15.4. The minimum absolute atomic E-state index is 0.00367. The second-order valence-electron chi connectivity index (χ2n) is 6.04. The van der Waals surface area contributed by atoms with Gasteiger partial charge in [0.05, 0.1) is 17.1 Å². The highest BCUT2D eigenvalue weighted by Crippen LogP contribution is 2.17. The van der Waals surface area contributed by atoms with Gasteiger partial charge in [-0.3, -0.25) is 0 Å². The first-order valence-electron chi connectivity index (χ1n) is 8.40. The Balaban J connectivity index is 1.52. The van der Waals surface area contributed by atoms with Crippen molar-refractivity contribution in [3.05, 3.63) is 34.8 Å². The first-order chi connectivity index (χ1) is 11.7. The largest absolute Gasteiger partial charge is 0.380 e. The quantitative estimate of drug-likeness (QED) is 0.882. The fraction of sp³-hybridized carbons (Fsp3) is 0.471. The first-order valence-corrected chi connectivity index (χ1v) is 9.17. The Kier molecular flexibility index (Phi) is 5.63. The maximum atomic E-state index is 12.3. The highest BCUT2D eigenvalue weighted by molar-refractivity contribution is 7.05. The Hall–Kier alpha value is -2.15. The van der Waals surface area contributed by atoms with Gasteiger partial charge in [-0.25, -0.2) is 4.79 Å². The fourth-order valence-electron chi connectivity index (χ4n) is 2.74. The molecule has 0 radical (unpaired) electrons. The van der Waals surface area contributed by atoms with Gasteiger partial charge in [0.1, 0.15) is 0 Å². The summed E-state index contributed by atoms with van der Waals surface area (Å²) in [5, 5.41) is 10.3. The van der Waals surface area contributed by atoms with Gasteiger partial charge in [0.15, 0.2) is 0 Å². The molecular formula is C17H23N5OS. The molecular weight excluding hydrogens is 322 g/mol. The van der Waals surface area contributed by atoms with Crippen molar-refractivity contribution in [2.24, 2.45) is 0 Å². The summed E-state index contributed by atoms with van der Waals surface area (Å²) in [7, 11) is 0. The van der Waals surface area contributed by atoms with Crippen molar-refractivity contribution in [2.45, 2.75) is 39.2 Å². The third-order valence-corrected chi connectivity index (χ3v) is 5.05. The number of hydrogen-bond donors (Lipinski definition) is 2. The molecule has 0 aliphatic carbocycles. The number of urea groups is 1. The molecule has 2 aromatic rings. The van der Waals surface area contributed by atoms with Crippen LogP contribution >= 0.6 is 11.5 Å². The van der Waals surface area contributed by atoms with Crippen molar-refractivity contribution < 1.29 is 4.79 Å². The number of carbonyl (C=O) groups is 1. The molecule has 7 heteroatoms. The van der Waals surface area contributed by atoms with E-state index in [0.29, 0.717) is 6.54 Å². The van der Waals surface area contributed by atoms with Gasteiger partial charge in [-0.05, 0) is 55.6 Å². The number of carbonyl (C=O) groups excluding carboxylic acids is 1. The third kappa shape index (κ3) is 4.44. The molecule has 0 saturated carbocycles. The average Bonchev–Trinajstić information content (AvgIpc) is 2.84. The van der Waals surface area contributed by atoms with Crippen molar-refractivity contribution in [1.29, 1.82) is 0 Å². The standard InChI is InChI=1S/C17H23N5OS/c1-13-16(24-21-20-13)12-18-14-6-8-15(9-7-14)19-17(23)22-10-4-2-3-5-11-22/h6-9,18H,2-5,10-12H2,1H3,(H,19,23). The number of nitrogens with zero attached hydrogens (tertiary/aromatic N) is 3. The Morgan fingerprint density at radius 3 is 2.42 bits per heavy atom. The number of nitrogens with one attached hydrogen (secondary N) is 2. The zero-order chi connectivity index (χ0) is 16.8. The van der Waals surface area contributed by atoms with Crippen LogP contribution < -0.4 is 10.6 Å². The maximum Gasteiger partial charge on any atom is 0.321 e. The maximum absolute atomic E-state index is 12.3. The van der Waals surface area contributed by atoms with Crippen molar-refractivity contribution in [1.82, 2.24) is 14.5 Å². The molecule has 1 aliphatic rings. The van der Waals surface area contributed by atoms with Gasteiger partial charge >= 0.3 is 6.03 Å². The summed E-state index contributed by atoms with van der Waals surface area (Å²) in [5.74, 6) is 0. The van der Waals surface area contributed by atoms with Crippen LogP contribution in [0.2, 0.25) is 0 Å². The SMILES string of the molecule is Cc1nnsc1CNc1ccc(NC(=O)N2CCCCCC2)cc1. The molecule has 24 heavy (non-hydrogen) atoms. The summed E-state index contributed by atoms with van der Waals surface area (Å²) in [6.07, 6.45) is 4.64. The van der Waals surface area contributed by atoms with Gasteiger partial charge in [-0.2, -0.15) is 0 Å². The number of anilines is 2. The van der Waals surface area contributed by atoms with E-state index in [0.717, 1.165) is 47.9 Å². The topological polar surface area (TPSA) is 70.1 Å². The van der Waals surface area contributed by atoms with E-state index in [1.807, 2.05) is 36.1 Å². The zero-order valence-corrected chi connectivity index (χ0v) is 14.7. The Labute approximate surface area is 146 Å². The first kappa shape index (κ1) is 16.7. The summed E-state index contributed by atoms with van der Waals surface area (Å²) >= 11 is 1.41. The fourth-order valence-corrected chi connectivity index (χ4v) is 3.31. The van der Waals surface area contributed by atoms with Gasteiger partial charge in [-0.15, -0.1) is 5.10 Å². The second kappa shape index (κ2) is 8.10. The van der Waals surface area contributed by atoms with Crippen LogP contribution in [0.25, 0.3) is 0 Å². The average molecular weight is 345 g/mol. The van der Waals surface area contributed by atoms with E-state index >= 15 is 0 Å². The molecule has 2 heterocycles. The van der Waals surface area contributed by atoms with E-state index in [9.17, 15) is 4.79 Å². The number of likely N-dealkylation sites (tertiary alicyclic amines) is 1. The van der Waals surface area contributed by atoms with Crippen LogP contribution in [0, 0.1) is 6.92 Å².